The molecule has 0 saturated carbocycles. The van der Waals surface area contributed by atoms with Gasteiger partial charge in [0.1, 0.15) is 5.75 Å². The average Bonchev–Trinajstić information content (AvgIpc) is 2.70. The molecule has 0 saturated heterocycles. The summed E-state index contributed by atoms with van der Waals surface area (Å²) < 4.78 is 5.37. The summed E-state index contributed by atoms with van der Waals surface area (Å²) in [5.41, 5.74) is 1.86. The molecule has 3 rings (SSSR count). The van der Waals surface area contributed by atoms with Gasteiger partial charge in [-0.05, 0) is 37.3 Å². The first-order chi connectivity index (χ1) is 13.0. The maximum atomic E-state index is 12.6. The molecular weight excluding hydrogens is 344 g/mol. The van der Waals surface area contributed by atoms with Crippen LogP contribution in [-0.2, 0) is 9.59 Å². The van der Waals surface area contributed by atoms with Crippen LogP contribution in [0.15, 0.2) is 48.5 Å². The molecule has 140 valence electrons. The standard InChI is InChI=1S/C21H22N2O4/c1-3-23(16-7-5-4-6-8-16)20(25)12-10-18(24)15-9-11-19-17(13-15)22(2)21(26)14-27-19/h4-9,11,13H,3,10,12,14H2,1-2H3. The number of hydrogen-bond acceptors (Lipinski definition) is 4. The Labute approximate surface area is 158 Å². The average molecular weight is 366 g/mol. The maximum Gasteiger partial charge on any atom is 0.264 e. The van der Waals surface area contributed by atoms with Crippen molar-refractivity contribution in [2.75, 3.05) is 30.0 Å². The van der Waals surface area contributed by atoms with Gasteiger partial charge in [-0.1, -0.05) is 18.2 Å². The number of carbonyl (C=O) groups is 3. The zero-order chi connectivity index (χ0) is 19.4. The molecule has 2 aromatic rings. The van der Waals surface area contributed by atoms with Gasteiger partial charge in [-0.2, -0.15) is 0 Å². The van der Waals surface area contributed by atoms with Crippen molar-refractivity contribution in [1.82, 2.24) is 0 Å². The summed E-state index contributed by atoms with van der Waals surface area (Å²) in [4.78, 5) is 40.0. The largest absolute Gasteiger partial charge is 0.482 e. The second kappa shape index (κ2) is 8.03. The van der Waals surface area contributed by atoms with E-state index in [4.69, 9.17) is 4.74 Å². The van der Waals surface area contributed by atoms with Gasteiger partial charge in [0.05, 0.1) is 5.69 Å². The maximum absolute atomic E-state index is 12.6. The number of para-hydroxylation sites is 1. The first-order valence-electron chi connectivity index (χ1n) is 8.93. The Bertz CT molecular complexity index is 864. The summed E-state index contributed by atoms with van der Waals surface area (Å²) in [6.45, 7) is 2.45. The number of nitrogens with zero attached hydrogens (tertiary/aromatic N) is 2. The molecule has 6 heteroatoms. The Morgan fingerprint density at radius 3 is 2.56 bits per heavy atom. The summed E-state index contributed by atoms with van der Waals surface area (Å²) in [6.07, 6.45) is 0.239. The van der Waals surface area contributed by atoms with Crippen LogP contribution in [0, 0.1) is 0 Å². The lowest BCUT2D eigenvalue weighted by atomic mass is 10.0. The summed E-state index contributed by atoms with van der Waals surface area (Å²) in [7, 11) is 1.65. The van der Waals surface area contributed by atoms with Crippen molar-refractivity contribution < 1.29 is 19.1 Å². The molecular formula is C21H22N2O4. The highest BCUT2D eigenvalue weighted by atomic mass is 16.5. The summed E-state index contributed by atoms with van der Waals surface area (Å²) in [6, 6.07) is 14.4. The van der Waals surface area contributed by atoms with E-state index in [0.29, 0.717) is 23.5 Å². The number of anilines is 2. The zero-order valence-electron chi connectivity index (χ0n) is 15.5. The molecule has 1 aliphatic heterocycles. The monoisotopic (exact) mass is 366 g/mol. The molecule has 0 spiro atoms. The predicted molar refractivity (Wildman–Crippen MR) is 103 cm³/mol. The third-order valence-electron chi connectivity index (χ3n) is 4.62. The Morgan fingerprint density at radius 1 is 1.11 bits per heavy atom. The van der Waals surface area contributed by atoms with E-state index in [0.717, 1.165) is 5.69 Å². The van der Waals surface area contributed by atoms with Crippen LogP contribution in [0.3, 0.4) is 0 Å². The van der Waals surface area contributed by atoms with E-state index in [9.17, 15) is 14.4 Å². The van der Waals surface area contributed by atoms with Gasteiger partial charge in [-0.3, -0.25) is 14.4 Å². The Hall–Kier alpha value is -3.15. The van der Waals surface area contributed by atoms with Crippen LogP contribution in [0.5, 0.6) is 5.75 Å². The van der Waals surface area contributed by atoms with E-state index in [1.807, 2.05) is 37.3 Å². The van der Waals surface area contributed by atoms with Crippen molar-refractivity contribution in [3.63, 3.8) is 0 Å². The highest BCUT2D eigenvalue weighted by Gasteiger charge is 2.23. The zero-order valence-corrected chi connectivity index (χ0v) is 15.5. The van der Waals surface area contributed by atoms with Gasteiger partial charge in [0.15, 0.2) is 12.4 Å². The highest BCUT2D eigenvalue weighted by Crippen LogP contribution is 2.32. The van der Waals surface area contributed by atoms with Crippen LogP contribution in [-0.4, -0.2) is 37.8 Å². The van der Waals surface area contributed by atoms with E-state index in [2.05, 4.69) is 0 Å². The van der Waals surface area contributed by atoms with Crippen LogP contribution in [0.1, 0.15) is 30.1 Å². The van der Waals surface area contributed by atoms with Crippen molar-refractivity contribution in [2.45, 2.75) is 19.8 Å². The number of rotatable bonds is 6. The van der Waals surface area contributed by atoms with Gasteiger partial charge in [0.25, 0.3) is 5.91 Å². The fourth-order valence-electron chi connectivity index (χ4n) is 3.06. The van der Waals surface area contributed by atoms with Gasteiger partial charge in [-0.25, -0.2) is 0 Å². The highest BCUT2D eigenvalue weighted by molar-refractivity contribution is 6.03. The minimum Gasteiger partial charge on any atom is -0.482 e. The van der Waals surface area contributed by atoms with E-state index in [1.165, 1.54) is 4.90 Å². The van der Waals surface area contributed by atoms with E-state index < -0.39 is 0 Å². The van der Waals surface area contributed by atoms with Crippen molar-refractivity contribution in [2.24, 2.45) is 0 Å². The number of carbonyl (C=O) groups excluding carboxylic acids is 3. The lowest BCUT2D eigenvalue weighted by Crippen LogP contribution is -2.35. The van der Waals surface area contributed by atoms with Crippen LogP contribution in [0.25, 0.3) is 0 Å². The molecule has 0 N–H and O–H groups in total. The molecule has 27 heavy (non-hydrogen) atoms. The third-order valence-corrected chi connectivity index (χ3v) is 4.62. The minimum atomic E-state index is -0.163. The Balaban J connectivity index is 1.67. The number of ketones is 1. The molecule has 0 fully saturated rings. The lowest BCUT2D eigenvalue weighted by molar-refractivity contribution is -0.121. The minimum absolute atomic E-state index is 0.00235. The molecule has 1 heterocycles. The van der Waals surface area contributed by atoms with Gasteiger partial charge in [0, 0.05) is 37.7 Å². The molecule has 1 aliphatic rings. The fourth-order valence-corrected chi connectivity index (χ4v) is 3.06. The SMILES string of the molecule is CCN(C(=O)CCC(=O)c1ccc2c(c1)N(C)C(=O)CO2)c1ccccc1. The number of benzene rings is 2. The van der Waals surface area contributed by atoms with Crippen LogP contribution < -0.4 is 14.5 Å². The molecule has 0 bridgehead atoms. The number of fused-ring (bicyclic) bond motifs is 1. The smallest absolute Gasteiger partial charge is 0.264 e. The third kappa shape index (κ3) is 4.00. The van der Waals surface area contributed by atoms with Crippen molar-refractivity contribution in [3.05, 3.63) is 54.1 Å². The van der Waals surface area contributed by atoms with Gasteiger partial charge in [-0.15, -0.1) is 0 Å². The topological polar surface area (TPSA) is 66.9 Å². The Morgan fingerprint density at radius 2 is 1.85 bits per heavy atom. The summed E-state index contributed by atoms with van der Waals surface area (Å²) in [5.74, 6) is 0.182. The number of amides is 2. The first-order valence-corrected chi connectivity index (χ1v) is 8.93. The molecule has 0 aromatic heterocycles. The van der Waals surface area contributed by atoms with Gasteiger partial charge in [0.2, 0.25) is 5.91 Å². The molecule has 0 atom stereocenters. The number of likely N-dealkylation sites (N-methyl/N-ethyl adjacent to an activating group) is 1. The van der Waals surface area contributed by atoms with Crippen LogP contribution in [0.2, 0.25) is 0 Å². The van der Waals surface area contributed by atoms with Crippen molar-refractivity contribution in [1.29, 1.82) is 0 Å². The van der Waals surface area contributed by atoms with Gasteiger partial charge < -0.3 is 14.5 Å². The fraction of sp³-hybridized carbons (Fsp3) is 0.286. The normalized spacial score (nSPS) is 13.0. The van der Waals surface area contributed by atoms with Crippen LogP contribution >= 0.6 is 0 Å². The van der Waals surface area contributed by atoms with E-state index in [-0.39, 0.29) is 37.0 Å². The van der Waals surface area contributed by atoms with Crippen molar-refractivity contribution in [3.8, 4) is 5.75 Å². The molecule has 2 aromatic carbocycles. The molecule has 2 amide bonds. The summed E-state index contributed by atoms with van der Waals surface area (Å²) in [5, 5.41) is 0. The van der Waals surface area contributed by atoms with Crippen molar-refractivity contribution >= 4 is 29.0 Å². The van der Waals surface area contributed by atoms with Crippen LogP contribution in [0.4, 0.5) is 11.4 Å². The molecule has 6 nitrogen and oxygen atoms in total. The number of ether oxygens (including phenoxy) is 1. The number of Topliss-reactive ketones (excluding diaryl/α,β-unsaturated/α-hetero) is 1. The van der Waals surface area contributed by atoms with E-state index >= 15 is 0 Å². The van der Waals surface area contributed by atoms with E-state index in [1.54, 1.807) is 30.1 Å². The van der Waals surface area contributed by atoms with Gasteiger partial charge >= 0.3 is 0 Å². The first kappa shape index (κ1) is 18.6. The molecule has 0 radical (unpaired) electrons. The second-order valence-corrected chi connectivity index (χ2v) is 6.32. The number of hydrogen-bond donors (Lipinski definition) is 0. The lowest BCUT2D eigenvalue weighted by Gasteiger charge is -2.26. The molecule has 0 unspecified atom stereocenters. The predicted octanol–water partition coefficient (Wildman–Crippen LogP) is 3.06. The Kier molecular flexibility index (Phi) is 5.54. The second-order valence-electron chi connectivity index (χ2n) is 6.32. The summed E-state index contributed by atoms with van der Waals surface area (Å²) >= 11 is 0. The quantitative estimate of drug-likeness (QED) is 0.737. The molecule has 0 aliphatic carbocycles.